The zero-order chi connectivity index (χ0) is 11.6. The van der Waals surface area contributed by atoms with Gasteiger partial charge in [-0.15, -0.1) is 0 Å². The SMILES string of the molecule is C=C(c1c(F)cccc1[N+](=O)[O-])N(C)C. The molecule has 0 fully saturated rings. The average molecular weight is 210 g/mol. The van der Waals surface area contributed by atoms with Gasteiger partial charge in [0.2, 0.25) is 0 Å². The molecule has 4 nitrogen and oxygen atoms in total. The Morgan fingerprint density at radius 3 is 2.60 bits per heavy atom. The molecule has 1 aromatic rings. The van der Waals surface area contributed by atoms with Crippen LogP contribution in [0.3, 0.4) is 0 Å². The molecule has 0 saturated carbocycles. The highest BCUT2D eigenvalue weighted by Crippen LogP contribution is 2.28. The second kappa shape index (κ2) is 4.08. The maximum absolute atomic E-state index is 13.4. The average Bonchev–Trinajstić information content (AvgIpc) is 2.16. The van der Waals surface area contributed by atoms with Crippen molar-refractivity contribution in [2.45, 2.75) is 0 Å². The molecule has 0 heterocycles. The van der Waals surface area contributed by atoms with Gasteiger partial charge in [0, 0.05) is 25.9 Å². The lowest BCUT2D eigenvalue weighted by Crippen LogP contribution is -2.11. The first-order chi connectivity index (χ1) is 6.95. The highest BCUT2D eigenvalue weighted by atomic mass is 19.1. The number of nitro groups is 1. The van der Waals surface area contributed by atoms with Crippen molar-refractivity contribution in [3.05, 3.63) is 46.3 Å². The summed E-state index contributed by atoms with van der Waals surface area (Å²) in [6.07, 6.45) is 0. The van der Waals surface area contributed by atoms with E-state index in [-0.39, 0.29) is 16.9 Å². The molecule has 0 unspecified atom stereocenters. The van der Waals surface area contributed by atoms with Crippen molar-refractivity contribution in [3.63, 3.8) is 0 Å². The molecule has 1 rings (SSSR count). The van der Waals surface area contributed by atoms with E-state index in [1.807, 2.05) is 0 Å². The van der Waals surface area contributed by atoms with Crippen LogP contribution < -0.4 is 0 Å². The molecule has 80 valence electrons. The number of benzene rings is 1. The maximum Gasteiger partial charge on any atom is 0.281 e. The molecular formula is C10H11FN2O2. The second-order valence-corrected chi connectivity index (χ2v) is 3.23. The van der Waals surface area contributed by atoms with Crippen LogP contribution in [0.25, 0.3) is 5.70 Å². The van der Waals surface area contributed by atoms with Crippen LogP contribution in [0, 0.1) is 15.9 Å². The molecule has 1 aromatic carbocycles. The molecule has 0 aliphatic heterocycles. The summed E-state index contributed by atoms with van der Waals surface area (Å²) in [5, 5.41) is 10.7. The van der Waals surface area contributed by atoms with Crippen molar-refractivity contribution in [1.29, 1.82) is 0 Å². The van der Waals surface area contributed by atoms with Gasteiger partial charge in [-0.05, 0) is 6.07 Å². The van der Waals surface area contributed by atoms with Gasteiger partial charge < -0.3 is 4.90 Å². The topological polar surface area (TPSA) is 46.4 Å². The zero-order valence-corrected chi connectivity index (χ0v) is 8.53. The van der Waals surface area contributed by atoms with E-state index in [0.717, 1.165) is 0 Å². The zero-order valence-electron chi connectivity index (χ0n) is 8.53. The van der Waals surface area contributed by atoms with Crippen LogP contribution in [-0.4, -0.2) is 23.9 Å². The minimum atomic E-state index is -0.636. The predicted octanol–water partition coefficient (Wildman–Crippen LogP) is 2.27. The largest absolute Gasteiger partial charge is 0.377 e. The molecule has 0 aliphatic rings. The molecule has 0 aliphatic carbocycles. The number of nitrogens with zero attached hydrogens (tertiary/aromatic N) is 2. The van der Waals surface area contributed by atoms with Crippen LogP contribution in [0.4, 0.5) is 10.1 Å². The number of hydrogen-bond donors (Lipinski definition) is 0. The lowest BCUT2D eigenvalue weighted by atomic mass is 10.1. The predicted molar refractivity (Wildman–Crippen MR) is 55.8 cm³/mol. The highest BCUT2D eigenvalue weighted by molar-refractivity contribution is 5.70. The summed E-state index contributed by atoms with van der Waals surface area (Å²) in [7, 11) is 3.30. The van der Waals surface area contributed by atoms with Crippen molar-refractivity contribution >= 4 is 11.4 Å². The fraction of sp³-hybridized carbons (Fsp3) is 0.200. The van der Waals surface area contributed by atoms with Crippen molar-refractivity contribution in [1.82, 2.24) is 4.90 Å². The first-order valence-corrected chi connectivity index (χ1v) is 4.24. The lowest BCUT2D eigenvalue weighted by Gasteiger charge is -2.16. The third-order valence-electron chi connectivity index (χ3n) is 2.02. The fourth-order valence-electron chi connectivity index (χ4n) is 1.17. The Morgan fingerprint density at radius 2 is 2.13 bits per heavy atom. The molecule has 0 atom stereocenters. The highest BCUT2D eigenvalue weighted by Gasteiger charge is 2.20. The van der Waals surface area contributed by atoms with Crippen LogP contribution >= 0.6 is 0 Å². The van der Waals surface area contributed by atoms with Crippen LogP contribution in [-0.2, 0) is 0 Å². The maximum atomic E-state index is 13.4. The number of nitro benzene ring substituents is 1. The summed E-state index contributed by atoms with van der Waals surface area (Å²) in [4.78, 5) is 11.6. The molecule has 0 N–H and O–H groups in total. The van der Waals surface area contributed by atoms with E-state index in [1.54, 1.807) is 14.1 Å². The number of hydrogen-bond acceptors (Lipinski definition) is 3. The van der Waals surface area contributed by atoms with Crippen LogP contribution in [0.15, 0.2) is 24.8 Å². The van der Waals surface area contributed by atoms with Gasteiger partial charge in [0.05, 0.1) is 4.92 Å². The van der Waals surface area contributed by atoms with Gasteiger partial charge in [-0.1, -0.05) is 12.6 Å². The van der Waals surface area contributed by atoms with Gasteiger partial charge in [0.1, 0.15) is 11.4 Å². The second-order valence-electron chi connectivity index (χ2n) is 3.23. The van der Waals surface area contributed by atoms with Gasteiger partial charge in [-0.3, -0.25) is 10.1 Å². The van der Waals surface area contributed by atoms with Crippen LogP contribution in [0.1, 0.15) is 5.56 Å². The van der Waals surface area contributed by atoms with E-state index in [0.29, 0.717) is 0 Å². The standard InChI is InChI=1S/C10H11FN2O2/c1-7(12(2)3)10-8(11)5-4-6-9(10)13(14)15/h4-6H,1H2,2-3H3. The van der Waals surface area contributed by atoms with Crippen LogP contribution in [0.5, 0.6) is 0 Å². The Hall–Kier alpha value is -1.91. The van der Waals surface area contributed by atoms with Crippen molar-refractivity contribution in [3.8, 4) is 0 Å². The van der Waals surface area contributed by atoms with E-state index in [2.05, 4.69) is 6.58 Å². The number of rotatable bonds is 3. The van der Waals surface area contributed by atoms with Gasteiger partial charge in [0.15, 0.2) is 0 Å². The first kappa shape index (κ1) is 11.2. The van der Waals surface area contributed by atoms with Gasteiger partial charge >= 0.3 is 0 Å². The molecule has 0 aromatic heterocycles. The van der Waals surface area contributed by atoms with E-state index in [9.17, 15) is 14.5 Å². The van der Waals surface area contributed by atoms with Crippen molar-refractivity contribution in [2.24, 2.45) is 0 Å². The molecule has 5 heteroatoms. The summed E-state index contributed by atoms with van der Waals surface area (Å²) in [5.41, 5.74) is -0.0546. The van der Waals surface area contributed by atoms with Gasteiger partial charge in [0.25, 0.3) is 5.69 Å². The smallest absolute Gasteiger partial charge is 0.281 e. The summed E-state index contributed by atoms with van der Waals surface area (Å²) in [6, 6.07) is 3.74. The summed E-state index contributed by atoms with van der Waals surface area (Å²) in [6.45, 7) is 3.61. The molecule has 0 bridgehead atoms. The molecular weight excluding hydrogens is 199 g/mol. The summed E-state index contributed by atoms with van der Waals surface area (Å²) >= 11 is 0. The molecule has 0 amide bonds. The van der Waals surface area contributed by atoms with Crippen LogP contribution in [0.2, 0.25) is 0 Å². The Bertz CT molecular complexity index is 416. The summed E-state index contributed by atoms with van der Waals surface area (Å²) < 4.78 is 13.4. The fourth-order valence-corrected chi connectivity index (χ4v) is 1.17. The quantitative estimate of drug-likeness (QED) is 0.568. The van der Waals surface area contributed by atoms with Gasteiger partial charge in [-0.25, -0.2) is 4.39 Å². The third-order valence-corrected chi connectivity index (χ3v) is 2.02. The molecule has 0 saturated heterocycles. The van der Waals surface area contributed by atoms with E-state index in [1.165, 1.54) is 23.1 Å². The monoisotopic (exact) mass is 210 g/mol. The lowest BCUT2D eigenvalue weighted by molar-refractivity contribution is -0.385. The third kappa shape index (κ3) is 2.12. The Morgan fingerprint density at radius 1 is 1.53 bits per heavy atom. The van der Waals surface area contributed by atoms with E-state index < -0.39 is 10.7 Å². The first-order valence-electron chi connectivity index (χ1n) is 4.24. The van der Waals surface area contributed by atoms with Crippen molar-refractivity contribution in [2.75, 3.05) is 14.1 Å². The Kier molecular flexibility index (Phi) is 3.04. The van der Waals surface area contributed by atoms with E-state index >= 15 is 0 Å². The molecule has 15 heavy (non-hydrogen) atoms. The molecule has 0 radical (unpaired) electrons. The van der Waals surface area contributed by atoms with Gasteiger partial charge in [-0.2, -0.15) is 0 Å². The minimum absolute atomic E-state index is 0.0625. The molecule has 0 spiro atoms. The van der Waals surface area contributed by atoms with E-state index in [4.69, 9.17) is 0 Å². The summed E-state index contributed by atoms with van der Waals surface area (Å²) in [5.74, 6) is -0.636. The minimum Gasteiger partial charge on any atom is -0.377 e. The Balaban J connectivity index is 3.37. The normalized spacial score (nSPS) is 9.80. The Labute approximate surface area is 86.8 Å². The van der Waals surface area contributed by atoms with Crippen molar-refractivity contribution < 1.29 is 9.31 Å². The number of halogens is 1.